The standard InChI is InChI=1S/C28H23F3N2O9/c29-28(30,31)15-1-16-40-23-11-6-21(7-12-23)27(35)42-24-9-2-19(3-10-24)4-13-26(34)41-17-14-20-5-8-22(32(36)37)18-25(20)33(38)39/h2-13,18H,1,14-17H2. The highest BCUT2D eigenvalue weighted by Crippen LogP contribution is 2.25. The Morgan fingerprint density at radius 2 is 1.52 bits per heavy atom. The van der Waals surface area contributed by atoms with Crippen LogP contribution in [0.3, 0.4) is 0 Å². The molecule has 0 atom stereocenters. The van der Waals surface area contributed by atoms with E-state index in [9.17, 15) is 43.0 Å². The number of nitrogens with zero attached hydrogens (tertiary/aromatic N) is 2. The molecule has 0 spiro atoms. The Balaban J connectivity index is 1.45. The summed E-state index contributed by atoms with van der Waals surface area (Å²) in [5, 5.41) is 22.0. The molecule has 0 aliphatic carbocycles. The molecule has 0 aromatic heterocycles. The second kappa shape index (κ2) is 14.4. The van der Waals surface area contributed by atoms with Gasteiger partial charge in [0.2, 0.25) is 0 Å². The molecule has 0 bridgehead atoms. The lowest BCUT2D eigenvalue weighted by Gasteiger charge is -2.09. The quantitative estimate of drug-likeness (QED) is 0.0565. The summed E-state index contributed by atoms with van der Waals surface area (Å²) in [5.41, 5.74) is 0.0832. The summed E-state index contributed by atoms with van der Waals surface area (Å²) in [6, 6.07) is 15.1. The maximum atomic E-state index is 12.4. The van der Waals surface area contributed by atoms with Crippen LogP contribution in [0, 0.1) is 20.2 Å². The summed E-state index contributed by atoms with van der Waals surface area (Å²) in [5.74, 6) is -0.852. The van der Waals surface area contributed by atoms with Gasteiger partial charge in [0.05, 0.1) is 34.7 Å². The molecule has 14 heteroatoms. The van der Waals surface area contributed by atoms with Gasteiger partial charge >= 0.3 is 18.1 Å². The van der Waals surface area contributed by atoms with Gasteiger partial charge in [0.15, 0.2) is 0 Å². The second-order valence-corrected chi connectivity index (χ2v) is 8.63. The maximum Gasteiger partial charge on any atom is 0.389 e. The van der Waals surface area contributed by atoms with Gasteiger partial charge in [-0.1, -0.05) is 12.1 Å². The third-order valence-electron chi connectivity index (χ3n) is 5.56. The van der Waals surface area contributed by atoms with Gasteiger partial charge in [-0.2, -0.15) is 13.2 Å². The Bertz CT molecular complexity index is 1450. The van der Waals surface area contributed by atoms with Crippen LogP contribution < -0.4 is 9.47 Å². The van der Waals surface area contributed by atoms with Gasteiger partial charge in [-0.15, -0.1) is 0 Å². The Morgan fingerprint density at radius 1 is 0.857 bits per heavy atom. The molecule has 220 valence electrons. The average Bonchev–Trinajstić information content (AvgIpc) is 2.94. The zero-order valence-corrected chi connectivity index (χ0v) is 21.7. The molecule has 0 radical (unpaired) electrons. The molecule has 0 saturated heterocycles. The molecular weight excluding hydrogens is 565 g/mol. The number of non-ortho nitro benzene ring substituents is 1. The monoisotopic (exact) mass is 588 g/mol. The highest BCUT2D eigenvalue weighted by Gasteiger charge is 2.26. The molecule has 0 unspecified atom stereocenters. The minimum absolute atomic E-state index is 0.0222. The van der Waals surface area contributed by atoms with Crippen LogP contribution in [0.2, 0.25) is 0 Å². The molecule has 0 heterocycles. The number of carbonyl (C=O) groups excluding carboxylic acids is 2. The molecule has 0 aliphatic heterocycles. The van der Waals surface area contributed by atoms with Gasteiger partial charge in [0, 0.05) is 30.5 Å². The van der Waals surface area contributed by atoms with Crippen LogP contribution in [0.1, 0.15) is 34.3 Å². The molecule has 0 N–H and O–H groups in total. The van der Waals surface area contributed by atoms with E-state index in [1.807, 2.05) is 0 Å². The van der Waals surface area contributed by atoms with Crippen LogP contribution in [-0.4, -0.2) is 41.2 Å². The van der Waals surface area contributed by atoms with E-state index < -0.39 is 45.8 Å². The Hall–Kier alpha value is -5.27. The summed E-state index contributed by atoms with van der Waals surface area (Å²) < 4.78 is 52.1. The molecule has 0 amide bonds. The van der Waals surface area contributed by atoms with Gasteiger partial charge in [-0.05, 0) is 60.5 Å². The minimum Gasteiger partial charge on any atom is -0.494 e. The van der Waals surface area contributed by atoms with Crippen molar-refractivity contribution in [2.24, 2.45) is 0 Å². The number of esters is 2. The number of ether oxygens (including phenoxy) is 3. The normalized spacial score (nSPS) is 11.2. The average molecular weight is 588 g/mol. The van der Waals surface area contributed by atoms with Gasteiger partial charge in [0.25, 0.3) is 11.4 Å². The number of hydrogen-bond donors (Lipinski definition) is 0. The topological polar surface area (TPSA) is 148 Å². The van der Waals surface area contributed by atoms with E-state index in [4.69, 9.17) is 14.2 Å². The van der Waals surface area contributed by atoms with Crippen molar-refractivity contribution in [2.75, 3.05) is 13.2 Å². The van der Waals surface area contributed by atoms with Crippen LogP contribution in [-0.2, 0) is 16.0 Å². The van der Waals surface area contributed by atoms with Crippen molar-refractivity contribution in [1.82, 2.24) is 0 Å². The Labute approximate surface area is 236 Å². The zero-order chi connectivity index (χ0) is 30.7. The van der Waals surface area contributed by atoms with E-state index in [-0.39, 0.29) is 42.9 Å². The van der Waals surface area contributed by atoms with Crippen molar-refractivity contribution in [3.8, 4) is 11.5 Å². The Morgan fingerprint density at radius 3 is 2.14 bits per heavy atom. The van der Waals surface area contributed by atoms with Crippen LogP contribution >= 0.6 is 0 Å². The third-order valence-corrected chi connectivity index (χ3v) is 5.56. The van der Waals surface area contributed by atoms with Crippen LogP contribution in [0.5, 0.6) is 11.5 Å². The lowest BCUT2D eigenvalue weighted by atomic mass is 10.1. The number of halogens is 3. The number of nitro benzene ring substituents is 2. The first-order valence-electron chi connectivity index (χ1n) is 12.3. The van der Waals surface area contributed by atoms with Crippen LogP contribution in [0.25, 0.3) is 6.08 Å². The number of benzene rings is 3. The fourth-order valence-corrected chi connectivity index (χ4v) is 3.48. The van der Waals surface area contributed by atoms with E-state index in [0.717, 1.165) is 18.2 Å². The first-order chi connectivity index (χ1) is 19.9. The van der Waals surface area contributed by atoms with Crippen molar-refractivity contribution in [2.45, 2.75) is 25.4 Å². The number of alkyl halides is 3. The summed E-state index contributed by atoms with van der Waals surface area (Å²) in [7, 11) is 0. The summed E-state index contributed by atoms with van der Waals surface area (Å²) >= 11 is 0. The summed E-state index contributed by atoms with van der Waals surface area (Å²) in [6.07, 6.45) is -2.82. The molecule has 0 aliphatic rings. The zero-order valence-electron chi connectivity index (χ0n) is 21.7. The first-order valence-corrected chi connectivity index (χ1v) is 12.3. The van der Waals surface area contributed by atoms with E-state index in [1.54, 1.807) is 12.1 Å². The van der Waals surface area contributed by atoms with Crippen LogP contribution in [0.15, 0.2) is 72.8 Å². The molecule has 0 saturated carbocycles. The lowest BCUT2D eigenvalue weighted by Crippen LogP contribution is -2.10. The molecule has 3 aromatic carbocycles. The molecule has 11 nitrogen and oxygen atoms in total. The van der Waals surface area contributed by atoms with Gasteiger partial charge in [-0.3, -0.25) is 20.2 Å². The predicted molar refractivity (Wildman–Crippen MR) is 142 cm³/mol. The largest absolute Gasteiger partial charge is 0.494 e. The van der Waals surface area contributed by atoms with Crippen molar-refractivity contribution in [1.29, 1.82) is 0 Å². The van der Waals surface area contributed by atoms with Crippen molar-refractivity contribution in [3.63, 3.8) is 0 Å². The SMILES string of the molecule is O=C(C=Cc1ccc(OC(=O)c2ccc(OCCCC(F)(F)F)cc2)cc1)OCCc1ccc([N+](=O)[O-])cc1[N+](=O)[O-]. The fraction of sp³-hybridized carbons (Fsp3) is 0.214. The molecule has 3 rings (SSSR count). The van der Waals surface area contributed by atoms with E-state index in [2.05, 4.69) is 0 Å². The fourth-order valence-electron chi connectivity index (χ4n) is 3.48. The molecular formula is C28H23F3N2O9. The van der Waals surface area contributed by atoms with Gasteiger partial charge in [0.1, 0.15) is 11.5 Å². The summed E-state index contributed by atoms with van der Waals surface area (Å²) in [6.45, 7) is -0.309. The minimum atomic E-state index is -4.24. The van der Waals surface area contributed by atoms with Gasteiger partial charge < -0.3 is 14.2 Å². The molecule has 0 fully saturated rings. The van der Waals surface area contributed by atoms with Crippen LogP contribution in [0.4, 0.5) is 24.5 Å². The maximum absolute atomic E-state index is 12.4. The van der Waals surface area contributed by atoms with Crippen molar-refractivity contribution >= 4 is 29.4 Å². The summed E-state index contributed by atoms with van der Waals surface area (Å²) in [4.78, 5) is 44.9. The highest BCUT2D eigenvalue weighted by molar-refractivity contribution is 5.91. The van der Waals surface area contributed by atoms with E-state index in [1.165, 1.54) is 48.5 Å². The number of rotatable bonds is 13. The van der Waals surface area contributed by atoms with Crippen molar-refractivity contribution < 1.29 is 46.8 Å². The van der Waals surface area contributed by atoms with Gasteiger partial charge in [-0.25, -0.2) is 9.59 Å². The third kappa shape index (κ3) is 10.0. The van der Waals surface area contributed by atoms with Crippen molar-refractivity contribution in [3.05, 3.63) is 110 Å². The Kier molecular flexibility index (Phi) is 10.7. The van der Waals surface area contributed by atoms with E-state index >= 15 is 0 Å². The van der Waals surface area contributed by atoms with E-state index in [0.29, 0.717) is 11.3 Å². The molecule has 42 heavy (non-hydrogen) atoms. The number of hydrogen-bond acceptors (Lipinski definition) is 9. The highest BCUT2D eigenvalue weighted by atomic mass is 19.4. The predicted octanol–water partition coefficient (Wildman–Crippen LogP) is 6.24. The molecule has 3 aromatic rings. The first kappa shape index (κ1) is 31.3. The number of carbonyl (C=O) groups is 2. The smallest absolute Gasteiger partial charge is 0.389 e. The number of nitro groups is 2. The second-order valence-electron chi connectivity index (χ2n) is 8.63. The lowest BCUT2D eigenvalue weighted by molar-refractivity contribution is -0.394.